The average molecular weight is 352 g/mol. The molecule has 4 nitrogen and oxygen atoms in total. The molecule has 0 aliphatic heterocycles. The van der Waals surface area contributed by atoms with E-state index in [2.05, 4.69) is 21.2 Å². The van der Waals surface area contributed by atoms with Crippen molar-refractivity contribution in [2.24, 2.45) is 0 Å². The van der Waals surface area contributed by atoms with Gasteiger partial charge in [-0.1, -0.05) is 15.9 Å². The Morgan fingerprint density at radius 3 is 2.60 bits per heavy atom. The molecule has 1 aromatic rings. The second-order valence-corrected chi connectivity index (χ2v) is 5.11. The minimum absolute atomic E-state index is 0.0953. The first kappa shape index (κ1) is 16.8. The fourth-order valence-corrected chi connectivity index (χ4v) is 1.59. The molecule has 0 heterocycles. The smallest absolute Gasteiger partial charge is 0.287 e. The van der Waals surface area contributed by atoms with Crippen molar-refractivity contribution in [3.05, 3.63) is 28.7 Å². The highest BCUT2D eigenvalue weighted by Crippen LogP contribution is 2.16. The molecule has 7 heteroatoms. The number of alkyl halides is 2. The van der Waals surface area contributed by atoms with E-state index in [-0.39, 0.29) is 6.42 Å². The van der Waals surface area contributed by atoms with Crippen molar-refractivity contribution in [1.29, 1.82) is 0 Å². The SMILES string of the molecule is O=C(CCCOc1ccc(Br)cc1)NCC(F)(F)CO. The number of hydrogen-bond donors (Lipinski definition) is 2. The highest BCUT2D eigenvalue weighted by atomic mass is 79.9. The van der Waals surface area contributed by atoms with Crippen LogP contribution in [0.5, 0.6) is 5.75 Å². The molecule has 0 unspecified atom stereocenters. The summed E-state index contributed by atoms with van der Waals surface area (Å²) >= 11 is 3.30. The molecule has 0 aliphatic rings. The number of hydrogen-bond acceptors (Lipinski definition) is 3. The van der Waals surface area contributed by atoms with Crippen molar-refractivity contribution in [2.75, 3.05) is 19.8 Å². The predicted octanol–water partition coefficient (Wildman–Crippen LogP) is 2.35. The van der Waals surface area contributed by atoms with Crippen LogP contribution in [0.2, 0.25) is 0 Å². The van der Waals surface area contributed by atoms with Gasteiger partial charge < -0.3 is 15.2 Å². The fraction of sp³-hybridized carbons (Fsp3) is 0.462. The van der Waals surface area contributed by atoms with Gasteiger partial charge >= 0.3 is 0 Å². The van der Waals surface area contributed by atoms with E-state index >= 15 is 0 Å². The maximum atomic E-state index is 12.7. The van der Waals surface area contributed by atoms with Crippen molar-refractivity contribution >= 4 is 21.8 Å². The van der Waals surface area contributed by atoms with Crippen LogP contribution in [-0.2, 0) is 4.79 Å². The summed E-state index contributed by atoms with van der Waals surface area (Å²) in [6, 6.07) is 7.23. The lowest BCUT2D eigenvalue weighted by molar-refractivity contribution is -0.124. The van der Waals surface area contributed by atoms with Gasteiger partial charge in [-0.05, 0) is 30.7 Å². The van der Waals surface area contributed by atoms with Crippen LogP contribution in [0.4, 0.5) is 8.78 Å². The van der Waals surface area contributed by atoms with E-state index in [0.717, 1.165) is 4.47 Å². The molecular weight excluding hydrogens is 336 g/mol. The summed E-state index contributed by atoms with van der Waals surface area (Å²) in [6.07, 6.45) is 0.518. The Balaban J connectivity index is 2.14. The third-order valence-electron chi connectivity index (χ3n) is 2.41. The monoisotopic (exact) mass is 351 g/mol. The van der Waals surface area contributed by atoms with Gasteiger partial charge in [0.2, 0.25) is 5.91 Å². The maximum absolute atomic E-state index is 12.7. The highest BCUT2D eigenvalue weighted by Gasteiger charge is 2.27. The third kappa shape index (κ3) is 6.81. The Bertz CT molecular complexity index is 426. The summed E-state index contributed by atoms with van der Waals surface area (Å²) in [7, 11) is 0. The molecule has 112 valence electrons. The van der Waals surface area contributed by atoms with Crippen molar-refractivity contribution in [2.45, 2.75) is 18.8 Å². The van der Waals surface area contributed by atoms with Crippen LogP contribution >= 0.6 is 15.9 Å². The van der Waals surface area contributed by atoms with Crippen molar-refractivity contribution < 1.29 is 23.4 Å². The molecule has 0 atom stereocenters. The molecule has 0 bridgehead atoms. The molecular formula is C13H16BrF2NO3. The second-order valence-electron chi connectivity index (χ2n) is 4.20. The summed E-state index contributed by atoms with van der Waals surface area (Å²) in [5, 5.41) is 10.4. The summed E-state index contributed by atoms with van der Waals surface area (Å²) in [6.45, 7) is -1.80. The number of benzene rings is 1. The van der Waals surface area contributed by atoms with Gasteiger partial charge in [0.1, 0.15) is 12.4 Å². The Kier molecular flexibility index (Phi) is 6.87. The first-order chi connectivity index (χ1) is 9.43. The zero-order chi connectivity index (χ0) is 15.0. The van der Waals surface area contributed by atoms with Crippen LogP contribution in [0.25, 0.3) is 0 Å². The van der Waals surface area contributed by atoms with E-state index in [4.69, 9.17) is 9.84 Å². The zero-order valence-electron chi connectivity index (χ0n) is 10.7. The van der Waals surface area contributed by atoms with Crippen LogP contribution in [0, 0.1) is 0 Å². The number of amides is 1. The normalized spacial score (nSPS) is 11.2. The average Bonchev–Trinajstić information content (AvgIpc) is 2.43. The first-order valence-electron chi connectivity index (χ1n) is 6.07. The Morgan fingerprint density at radius 1 is 1.35 bits per heavy atom. The lowest BCUT2D eigenvalue weighted by Gasteiger charge is -2.13. The van der Waals surface area contributed by atoms with Crippen molar-refractivity contribution in [3.8, 4) is 5.75 Å². The molecule has 1 rings (SSSR count). The summed E-state index contributed by atoms with van der Waals surface area (Å²) in [5.41, 5.74) is 0. The first-order valence-corrected chi connectivity index (χ1v) is 6.86. The number of carbonyl (C=O) groups excluding carboxylic acids is 1. The molecule has 0 aromatic heterocycles. The molecule has 0 aliphatic carbocycles. The summed E-state index contributed by atoms with van der Waals surface area (Å²) < 4.78 is 31.7. The quantitative estimate of drug-likeness (QED) is 0.707. The van der Waals surface area contributed by atoms with E-state index in [9.17, 15) is 13.6 Å². The lowest BCUT2D eigenvalue weighted by Crippen LogP contribution is -2.38. The van der Waals surface area contributed by atoms with E-state index < -0.39 is 25.0 Å². The number of aliphatic hydroxyl groups excluding tert-OH is 1. The largest absolute Gasteiger partial charge is 0.494 e. The van der Waals surface area contributed by atoms with Gasteiger partial charge in [0.25, 0.3) is 5.92 Å². The second kappa shape index (κ2) is 8.16. The molecule has 2 N–H and O–H groups in total. The minimum Gasteiger partial charge on any atom is -0.494 e. The van der Waals surface area contributed by atoms with Crippen LogP contribution in [0.15, 0.2) is 28.7 Å². The van der Waals surface area contributed by atoms with E-state index in [1.54, 1.807) is 12.1 Å². The van der Waals surface area contributed by atoms with E-state index in [0.29, 0.717) is 18.8 Å². The standard InChI is InChI=1S/C13H16BrF2NO3/c14-10-3-5-11(6-4-10)20-7-1-2-12(19)17-8-13(15,16)9-18/h3-6,18H,1-2,7-9H2,(H,17,19). The number of halogens is 3. The number of rotatable bonds is 8. The molecule has 0 fully saturated rings. The highest BCUT2D eigenvalue weighted by molar-refractivity contribution is 9.10. The zero-order valence-corrected chi connectivity index (χ0v) is 12.3. The predicted molar refractivity (Wildman–Crippen MR) is 73.9 cm³/mol. The van der Waals surface area contributed by atoms with E-state index in [1.807, 2.05) is 12.1 Å². The molecule has 0 saturated carbocycles. The summed E-state index contributed by atoms with van der Waals surface area (Å²) in [5.74, 6) is -3.08. The molecule has 0 radical (unpaired) electrons. The Labute approximate surface area is 124 Å². The van der Waals surface area contributed by atoms with Gasteiger partial charge in [-0.15, -0.1) is 0 Å². The lowest BCUT2D eigenvalue weighted by atomic mass is 10.3. The number of aliphatic hydroxyl groups is 1. The molecule has 20 heavy (non-hydrogen) atoms. The van der Waals surface area contributed by atoms with Crippen LogP contribution in [0.1, 0.15) is 12.8 Å². The molecule has 0 spiro atoms. The minimum atomic E-state index is -3.27. The summed E-state index contributed by atoms with van der Waals surface area (Å²) in [4.78, 5) is 11.3. The number of carbonyl (C=O) groups is 1. The van der Waals surface area contributed by atoms with Crippen LogP contribution in [-0.4, -0.2) is 36.7 Å². The molecule has 1 amide bonds. The maximum Gasteiger partial charge on any atom is 0.287 e. The van der Waals surface area contributed by atoms with Gasteiger partial charge in [-0.3, -0.25) is 4.79 Å². The van der Waals surface area contributed by atoms with Crippen LogP contribution in [0.3, 0.4) is 0 Å². The van der Waals surface area contributed by atoms with Gasteiger partial charge in [0.05, 0.1) is 13.2 Å². The van der Waals surface area contributed by atoms with Crippen molar-refractivity contribution in [3.63, 3.8) is 0 Å². The van der Waals surface area contributed by atoms with Crippen molar-refractivity contribution in [1.82, 2.24) is 5.32 Å². The Morgan fingerprint density at radius 2 is 2.00 bits per heavy atom. The molecule has 1 aromatic carbocycles. The van der Waals surface area contributed by atoms with Gasteiger partial charge in [0, 0.05) is 10.9 Å². The van der Waals surface area contributed by atoms with Gasteiger partial charge in [-0.2, -0.15) is 0 Å². The Hall–Kier alpha value is -1.21. The fourth-order valence-electron chi connectivity index (χ4n) is 1.33. The van der Waals surface area contributed by atoms with Crippen LogP contribution < -0.4 is 10.1 Å². The van der Waals surface area contributed by atoms with Gasteiger partial charge in [0.15, 0.2) is 0 Å². The number of ether oxygens (including phenoxy) is 1. The third-order valence-corrected chi connectivity index (χ3v) is 2.93. The van der Waals surface area contributed by atoms with E-state index in [1.165, 1.54) is 0 Å². The number of nitrogens with one attached hydrogen (secondary N) is 1. The van der Waals surface area contributed by atoms with Gasteiger partial charge in [-0.25, -0.2) is 8.78 Å². The molecule has 0 saturated heterocycles. The topological polar surface area (TPSA) is 58.6 Å².